The van der Waals surface area contributed by atoms with Gasteiger partial charge in [-0.25, -0.2) is 0 Å². The number of carbonyl (C=O) groups is 2. The largest absolute Gasteiger partial charge is 0.399 e. The summed E-state index contributed by atoms with van der Waals surface area (Å²) < 4.78 is 0. The predicted octanol–water partition coefficient (Wildman–Crippen LogP) is 1.01. The van der Waals surface area contributed by atoms with Gasteiger partial charge in [-0.2, -0.15) is 0 Å². The van der Waals surface area contributed by atoms with Crippen molar-refractivity contribution in [1.82, 2.24) is 4.90 Å². The van der Waals surface area contributed by atoms with Crippen LogP contribution in [0.2, 0.25) is 5.02 Å². The summed E-state index contributed by atoms with van der Waals surface area (Å²) in [6, 6.07) is 4.16. The summed E-state index contributed by atoms with van der Waals surface area (Å²) in [7, 11) is 0. The van der Waals surface area contributed by atoms with Crippen LogP contribution in [-0.4, -0.2) is 29.3 Å². The lowest BCUT2D eigenvalue weighted by Crippen LogP contribution is -2.43. The maximum Gasteiger partial charge on any atom is 0.256 e. The Balaban J connectivity index is 2.31. The minimum Gasteiger partial charge on any atom is -0.399 e. The van der Waals surface area contributed by atoms with E-state index in [9.17, 15) is 9.59 Å². The summed E-state index contributed by atoms with van der Waals surface area (Å²) in [4.78, 5) is 25.0. The van der Waals surface area contributed by atoms with Crippen molar-refractivity contribution in [1.29, 1.82) is 0 Å². The van der Waals surface area contributed by atoms with E-state index in [-0.39, 0.29) is 5.91 Å². The average Bonchev–Trinajstić information content (AvgIpc) is 2.80. The van der Waals surface area contributed by atoms with Crippen molar-refractivity contribution in [3.05, 3.63) is 28.8 Å². The molecule has 0 saturated carbocycles. The molecule has 2 rings (SSSR count). The third-order valence-corrected chi connectivity index (χ3v) is 3.39. The normalized spacial score (nSPS) is 18.9. The van der Waals surface area contributed by atoms with E-state index in [4.69, 9.17) is 23.1 Å². The zero-order valence-corrected chi connectivity index (χ0v) is 10.5. The number of hydrogen-bond acceptors (Lipinski definition) is 3. The third-order valence-electron chi connectivity index (χ3n) is 3.06. The highest BCUT2D eigenvalue weighted by Crippen LogP contribution is 2.25. The quantitative estimate of drug-likeness (QED) is 0.784. The van der Waals surface area contributed by atoms with Crippen molar-refractivity contribution >= 4 is 29.1 Å². The molecule has 1 aliphatic heterocycles. The van der Waals surface area contributed by atoms with Gasteiger partial charge in [-0.05, 0) is 31.0 Å². The molecule has 0 radical (unpaired) electrons. The van der Waals surface area contributed by atoms with E-state index >= 15 is 0 Å². The summed E-state index contributed by atoms with van der Waals surface area (Å²) >= 11 is 5.98. The van der Waals surface area contributed by atoms with E-state index in [1.807, 2.05) is 0 Å². The van der Waals surface area contributed by atoms with Crippen LogP contribution in [0.5, 0.6) is 0 Å². The van der Waals surface area contributed by atoms with Gasteiger partial charge in [-0.15, -0.1) is 0 Å². The number of likely N-dealkylation sites (tertiary alicyclic amines) is 1. The van der Waals surface area contributed by atoms with Gasteiger partial charge < -0.3 is 16.4 Å². The highest BCUT2D eigenvalue weighted by atomic mass is 35.5. The van der Waals surface area contributed by atoms with Crippen LogP contribution in [0, 0.1) is 0 Å². The van der Waals surface area contributed by atoms with Gasteiger partial charge in [0.2, 0.25) is 5.91 Å². The van der Waals surface area contributed by atoms with E-state index < -0.39 is 11.9 Å². The number of nitrogens with two attached hydrogens (primary N) is 2. The molecule has 0 spiro atoms. The van der Waals surface area contributed by atoms with Crippen LogP contribution < -0.4 is 11.5 Å². The maximum absolute atomic E-state index is 12.3. The molecule has 1 heterocycles. The number of nitrogen functional groups attached to an aromatic ring is 1. The maximum atomic E-state index is 12.3. The molecule has 6 heteroatoms. The molecule has 1 fully saturated rings. The van der Waals surface area contributed by atoms with Crippen molar-refractivity contribution in [2.24, 2.45) is 5.73 Å². The molecule has 0 aliphatic carbocycles. The Morgan fingerprint density at radius 3 is 2.78 bits per heavy atom. The van der Waals surface area contributed by atoms with Gasteiger partial charge in [-0.1, -0.05) is 11.6 Å². The second-order valence-electron chi connectivity index (χ2n) is 4.30. The van der Waals surface area contributed by atoms with Gasteiger partial charge >= 0.3 is 0 Å². The van der Waals surface area contributed by atoms with Crippen molar-refractivity contribution in [3.8, 4) is 0 Å². The van der Waals surface area contributed by atoms with Crippen molar-refractivity contribution < 1.29 is 9.59 Å². The number of anilines is 1. The molecule has 0 aromatic heterocycles. The Morgan fingerprint density at radius 1 is 1.39 bits per heavy atom. The van der Waals surface area contributed by atoms with Gasteiger partial charge in [0.1, 0.15) is 6.04 Å². The molecule has 0 bridgehead atoms. The fourth-order valence-electron chi connectivity index (χ4n) is 2.17. The first-order valence-electron chi connectivity index (χ1n) is 5.66. The van der Waals surface area contributed by atoms with E-state index in [2.05, 4.69) is 0 Å². The number of rotatable bonds is 2. The van der Waals surface area contributed by atoms with Gasteiger partial charge in [0.25, 0.3) is 5.91 Å². The van der Waals surface area contributed by atoms with E-state index in [1.54, 1.807) is 12.1 Å². The van der Waals surface area contributed by atoms with Crippen molar-refractivity contribution in [2.45, 2.75) is 18.9 Å². The van der Waals surface area contributed by atoms with Crippen molar-refractivity contribution in [3.63, 3.8) is 0 Å². The number of amides is 2. The number of nitrogens with zero attached hydrogens (tertiary/aromatic N) is 1. The van der Waals surface area contributed by atoms with Crippen LogP contribution in [0.4, 0.5) is 5.69 Å². The summed E-state index contributed by atoms with van der Waals surface area (Å²) in [5, 5.41) is 0.323. The molecule has 1 saturated heterocycles. The first-order valence-corrected chi connectivity index (χ1v) is 6.04. The van der Waals surface area contributed by atoms with Gasteiger partial charge in [-0.3, -0.25) is 9.59 Å². The fraction of sp³-hybridized carbons (Fsp3) is 0.333. The molecular weight excluding hydrogens is 254 g/mol. The highest BCUT2D eigenvalue weighted by Gasteiger charge is 2.33. The number of halogens is 1. The molecule has 2 amide bonds. The number of carbonyl (C=O) groups excluding carboxylic acids is 2. The zero-order valence-electron chi connectivity index (χ0n) is 9.73. The minimum absolute atomic E-state index is 0.298. The Labute approximate surface area is 110 Å². The van der Waals surface area contributed by atoms with Crippen LogP contribution in [0.3, 0.4) is 0 Å². The first-order chi connectivity index (χ1) is 8.50. The van der Waals surface area contributed by atoms with Gasteiger partial charge in [0.15, 0.2) is 0 Å². The summed E-state index contributed by atoms with van der Waals surface area (Å²) in [5.41, 5.74) is 11.7. The molecule has 18 heavy (non-hydrogen) atoms. The lowest BCUT2D eigenvalue weighted by atomic mass is 10.1. The topological polar surface area (TPSA) is 89.4 Å². The van der Waals surface area contributed by atoms with Crippen LogP contribution in [-0.2, 0) is 4.79 Å². The minimum atomic E-state index is -0.546. The van der Waals surface area contributed by atoms with Crippen molar-refractivity contribution in [2.75, 3.05) is 12.3 Å². The van der Waals surface area contributed by atoms with Crippen LogP contribution in [0.25, 0.3) is 0 Å². The highest BCUT2D eigenvalue weighted by molar-refractivity contribution is 6.34. The Hall–Kier alpha value is -1.75. The summed E-state index contributed by atoms with van der Waals surface area (Å²) in [6.45, 7) is 0.511. The standard InChI is InChI=1S/C12H14ClN3O2/c13-9-4-3-7(14)6-8(9)12(18)16-5-1-2-10(16)11(15)17/h3-4,6,10H,1-2,5,14H2,(H2,15,17). The molecule has 1 aliphatic rings. The number of primary amides is 1. The van der Waals surface area contributed by atoms with Crippen LogP contribution >= 0.6 is 11.6 Å². The third kappa shape index (κ3) is 2.26. The second kappa shape index (κ2) is 4.86. The molecular formula is C12H14ClN3O2. The molecule has 1 aromatic rings. The smallest absolute Gasteiger partial charge is 0.256 e. The van der Waals surface area contributed by atoms with E-state index in [1.165, 1.54) is 11.0 Å². The average molecular weight is 268 g/mol. The van der Waals surface area contributed by atoms with Gasteiger partial charge in [0.05, 0.1) is 10.6 Å². The SMILES string of the molecule is NC(=O)C1CCCN1C(=O)c1cc(N)ccc1Cl. The fourth-order valence-corrected chi connectivity index (χ4v) is 2.37. The molecule has 1 atom stereocenters. The molecule has 4 N–H and O–H groups in total. The molecule has 96 valence electrons. The monoisotopic (exact) mass is 267 g/mol. The molecule has 1 aromatic carbocycles. The Kier molecular flexibility index (Phi) is 3.43. The zero-order chi connectivity index (χ0) is 13.3. The summed E-state index contributed by atoms with van der Waals surface area (Å²) in [5.74, 6) is -0.783. The van der Waals surface area contributed by atoms with Crippen LogP contribution in [0.15, 0.2) is 18.2 Å². The number of benzene rings is 1. The lowest BCUT2D eigenvalue weighted by Gasteiger charge is -2.22. The van der Waals surface area contributed by atoms with E-state index in [0.29, 0.717) is 29.2 Å². The van der Waals surface area contributed by atoms with E-state index in [0.717, 1.165) is 6.42 Å². The first kappa shape index (κ1) is 12.7. The second-order valence-corrected chi connectivity index (χ2v) is 4.71. The Morgan fingerprint density at radius 2 is 2.11 bits per heavy atom. The summed E-state index contributed by atoms with van der Waals surface area (Å²) in [6.07, 6.45) is 1.36. The van der Waals surface area contributed by atoms with Crippen LogP contribution in [0.1, 0.15) is 23.2 Å². The molecule has 5 nitrogen and oxygen atoms in total. The predicted molar refractivity (Wildman–Crippen MR) is 69.1 cm³/mol. The number of hydrogen-bond donors (Lipinski definition) is 2. The van der Waals surface area contributed by atoms with Gasteiger partial charge in [0, 0.05) is 12.2 Å². The Bertz CT molecular complexity index is 504. The molecule has 1 unspecified atom stereocenters. The lowest BCUT2D eigenvalue weighted by molar-refractivity contribution is -0.121.